The lowest BCUT2D eigenvalue weighted by Gasteiger charge is -2.31. The third-order valence-corrected chi connectivity index (χ3v) is 5.50. The Hall–Kier alpha value is -1.84. The van der Waals surface area contributed by atoms with E-state index in [0.29, 0.717) is 26.1 Å². The van der Waals surface area contributed by atoms with E-state index in [-0.39, 0.29) is 11.1 Å². The highest BCUT2D eigenvalue weighted by atomic mass is 32.2. The molecule has 0 aromatic carbocycles. The van der Waals surface area contributed by atoms with E-state index in [2.05, 4.69) is 15.0 Å². The molecule has 3 heterocycles. The van der Waals surface area contributed by atoms with Gasteiger partial charge in [0, 0.05) is 38.2 Å². The molecule has 8 nitrogen and oxygen atoms in total. The van der Waals surface area contributed by atoms with Crippen LogP contribution in [-0.4, -0.2) is 58.0 Å². The smallest absolute Gasteiger partial charge is 0.262 e. The Morgan fingerprint density at radius 2 is 2.26 bits per heavy atom. The van der Waals surface area contributed by atoms with Crippen LogP contribution in [0.5, 0.6) is 0 Å². The molecule has 0 N–H and O–H groups in total. The van der Waals surface area contributed by atoms with E-state index in [1.165, 1.54) is 23.2 Å². The second-order valence-corrected chi connectivity index (χ2v) is 7.36. The molecule has 124 valence electrons. The molecule has 2 aromatic heterocycles. The average molecular weight is 337 g/mol. The predicted octanol–water partition coefficient (Wildman–Crippen LogP) is 0.232. The Kier molecular flexibility index (Phi) is 4.69. The van der Waals surface area contributed by atoms with Crippen LogP contribution in [-0.2, 0) is 28.2 Å². The number of morpholine rings is 1. The van der Waals surface area contributed by atoms with E-state index >= 15 is 0 Å². The summed E-state index contributed by atoms with van der Waals surface area (Å²) in [5, 5.41) is 0.0800. The summed E-state index contributed by atoms with van der Waals surface area (Å²) in [5.74, 6) is 0. The van der Waals surface area contributed by atoms with Gasteiger partial charge >= 0.3 is 0 Å². The fourth-order valence-electron chi connectivity index (χ4n) is 2.51. The molecule has 0 radical (unpaired) electrons. The van der Waals surface area contributed by atoms with Crippen LogP contribution < -0.4 is 0 Å². The molecule has 0 unspecified atom stereocenters. The summed E-state index contributed by atoms with van der Waals surface area (Å²) in [6, 6.07) is 1.85. The molecule has 1 fully saturated rings. The van der Waals surface area contributed by atoms with Gasteiger partial charge < -0.3 is 9.30 Å². The van der Waals surface area contributed by atoms with E-state index in [9.17, 15) is 8.42 Å². The van der Waals surface area contributed by atoms with E-state index in [0.717, 1.165) is 12.1 Å². The van der Waals surface area contributed by atoms with Gasteiger partial charge in [-0.3, -0.25) is 0 Å². The molecule has 2 aromatic rings. The van der Waals surface area contributed by atoms with Crippen LogP contribution in [0, 0.1) is 0 Å². The molecule has 1 aliphatic rings. The summed E-state index contributed by atoms with van der Waals surface area (Å²) < 4.78 is 34.0. The summed E-state index contributed by atoms with van der Waals surface area (Å²) >= 11 is 0. The van der Waals surface area contributed by atoms with Gasteiger partial charge in [-0.2, -0.15) is 4.31 Å². The van der Waals surface area contributed by atoms with Crippen LogP contribution in [0.3, 0.4) is 0 Å². The Labute approximate surface area is 135 Å². The van der Waals surface area contributed by atoms with Crippen molar-refractivity contribution < 1.29 is 13.2 Å². The van der Waals surface area contributed by atoms with Crippen LogP contribution in [0.4, 0.5) is 0 Å². The molecule has 0 spiro atoms. The van der Waals surface area contributed by atoms with Gasteiger partial charge in [0.15, 0.2) is 5.03 Å². The topological polar surface area (TPSA) is 90.2 Å². The third-order valence-electron chi connectivity index (χ3n) is 3.75. The minimum atomic E-state index is -3.56. The highest BCUT2D eigenvalue weighted by Gasteiger charge is 2.32. The first-order valence-electron chi connectivity index (χ1n) is 7.40. The first-order chi connectivity index (χ1) is 11.1. The SMILES string of the molecule is Cn1cnc(S(=O)(=O)N2CCO[C@@H](CCc3ccncn3)C2)c1. The van der Waals surface area contributed by atoms with Gasteiger partial charge in [-0.25, -0.2) is 23.4 Å². The molecule has 1 aliphatic heterocycles. The number of hydrogen-bond acceptors (Lipinski definition) is 6. The van der Waals surface area contributed by atoms with Gasteiger partial charge in [0.1, 0.15) is 6.33 Å². The Balaban J connectivity index is 1.64. The summed E-state index contributed by atoms with van der Waals surface area (Å²) in [6.45, 7) is 1.08. The second-order valence-electron chi connectivity index (χ2n) is 5.47. The van der Waals surface area contributed by atoms with Crippen molar-refractivity contribution in [3.63, 3.8) is 0 Å². The number of sulfonamides is 1. The van der Waals surface area contributed by atoms with Crippen molar-refractivity contribution in [3.05, 3.63) is 36.8 Å². The van der Waals surface area contributed by atoms with E-state index < -0.39 is 10.0 Å². The molecular weight excluding hydrogens is 318 g/mol. The molecule has 23 heavy (non-hydrogen) atoms. The van der Waals surface area contributed by atoms with Gasteiger partial charge in [0.05, 0.1) is 19.0 Å². The fourth-order valence-corrected chi connectivity index (χ4v) is 3.94. The second kappa shape index (κ2) is 6.73. The van der Waals surface area contributed by atoms with Crippen molar-refractivity contribution in [1.82, 2.24) is 23.8 Å². The van der Waals surface area contributed by atoms with Crippen LogP contribution in [0.2, 0.25) is 0 Å². The van der Waals surface area contributed by atoms with Crippen LogP contribution in [0.15, 0.2) is 36.1 Å². The maximum atomic E-state index is 12.6. The normalized spacial score (nSPS) is 19.8. The van der Waals surface area contributed by atoms with Crippen molar-refractivity contribution in [3.8, 4) is 0 Å². The Morgan fingerprint density at radius 1 is 1.39 bits per heavy atom. The van der Waals surface area contributed by atoms with Crippen molar-refractivity contribution in [1.29, 1.82) is 0 Å². The van der Waals surface area contributed by atoms with Gasteiger partial charge in [-0.15, -0.1) is 0 Å². The highest BCUT2D eigenvalue weighted by molar-refractivity contribution is 7.89. The number of rotatable bonds is 5. The molecule has 0 aliphatic carbocycles. The molecular formula is C14H19N5O3S. The van der Waals surface area contributed by atoms with Crippen molar-refractivity contribution in [2.24, 2.45) is 7.05 Å². The quantitative estimate of drug-likeness (QED) is 0.776. The Morgan fingerprint density at radius 3 is 2.96 bits per heavy atom. The molecule has 1 atom stereocenters. The minimum Gasteiger partial charge on any atom is -0.375 e. The predicted molar refractivity (Wildman–Crippen MR) is 82.1 cm³/mol. The van der Waals surface area contributed by atoms with Gasteiger partial charge in [-0.05, 0) is 18.9 Å². The lowest BCUT2D eigenvalue weighted by atomic mass is 10.1. The molecule has 0 bridgehead atoms. The summed E-state index contributed by atoms with van der Waals surface area (Å²) in [7, 11) is -1.82. The van der Waals surface area contributed by atoms with Gasteiger partial charge in [-0.1, -0.05) is 0 Å². The number of ether oxygens (including phenoxy) is 1. The molecule has 9 heteroatoms. The van der Waals surface area contributed by atoms with Crippen molar-refractivity contribution >= 4 is 10.0 Å². The van der Waals surface area contributed by atoms with Crippen LogP contribution >= 0.6 is 0 Å². The fraction of sp³-hybridized carbons (Fsp3) is 0.500. The maximum Gasteiger partial charge on any atom is 0.262 e. The average Bonchev–Trinajstić information content (AvgIpc) is 3.01. The standard InChI is InChI=1S/C14H19N5O3S/c1-18-9-14(17-11-18)23(20,21)19-6-7-22-13(8-19)3-2-12-4-5-15-10-16-12/h4-5,9-11,13H,2-3,6-8H2,1H3/t13-/m0/s1. The van der Waals surface area contributed by atoms with E-state index in [4.69, 9.17) is 4.74 Å². The lowest BCUT2D eigenvalue weighted by molar-refractivity contribution is -0.00544. The summed E-state index contributed by atoms with van der Waals surface area (Å²) in [6.07, 6.45) is 7.50. The van der Waals surface area contributed by atoms with Crippen LogP contribution in [0.1, 0.15) is 12.1 Å². The first-order valence-corrected chi connectivity index (χ1v) is 8.84. The minimum absolute atomic E-state index is 0.0800. The lowest BCUT2D eigenvalue weighted by Crippen LogP contribution is -2.45. The zero-order valence-electron chi connectivity index (χ0n) is 12.9. The number of aryl methyl sites for hydroxylation is 2. The summed E-state index contributed by atoms with van der Waals surface area (Å²) in [4.78, 5) is 12.0. The Bertz CT molecular complexity index is 747. The van der Waals surface area contributed by atoms with E-state index in [1.807, 2.05) is 6.07 Å². The first kappa shape index (κ1) is 16.0. The molecule has 0 saturated carbocycles. The molecule has 1 saturated heterocycles. The highest BCUT2D eigenvalue weighted by Crippen LogP contribution is 2.19. The largest absolute Gasteiger partial charge is 0.375 e. The third kappa shape index (κ3) is 3.74. The summed E-state index contributed by atoms with van der Waals surface area (Å²) in [5.41, 5.74) is 0.924. The number of aromatic nitrogens is 4. The molecule has 3 rings (SSSR count). The molecule has 0 amide bonds. The van der Waals surface area contributed by atoms with Crippen LogP contribution in [0.25, 0.3) is 0 Å². The van der Waals surface area contributed by atoms with Gasteiger partial charge in [0.25, 0.3) is 10.0 Å². The van der Waals surface area contributed by atoms with Crippen molar-refractivity contribution in [2.75, 3.05) is 19.7 Å². The number of nitrogens with zero attached hydrogens (tertiary/aromatic N) is 5. The number of hydrogen-bond donors (Lipinski definition) is 0. The van der Waals surface area contributed by atoms with Crippen molar-refractivity contribution in [2.45, 2.75) is 24.0 Å². The van der Waals surface area contributed by atoms with Gasteiger partial charge in [0.2, 0.25) is 0 Å². The van der Waals surface area contributed by atoms with E-state index in [1.54, 1.807) is 17.8 Å². The monoisotopic (exact) mass is 337 g/mol. The number of imidazole rings is 1. The zero-order valence-corrected chi connectivity index (χ0v) is 13.7. The zero-order chi connectivity index (χ0) is 16.3. The maximum absolute atomic E-state index is 12.6.